The second-order valence-corrected chi connectivity index (χ2v) is 9.00. The number of hydrogen-bond donors (Lipinski definition) is 1. The van der Waals surface area contributed by atoms with Gasteiger partial charge in [-0.15, -0.1) is 22.7 Å². The average Bonchev–Trinajstić information content (AvgIpc) is 3.24. The molecule has 2 heterocycles. The van der Waals surface area contributed by atoms with Gasteiger partial charge in [0.25, 0.3) is 5.91 Å². The molecule has 5 nitrogen and oxygen atoms in total. The van der Waals surface area contributed by atoms with E-state index in [1.807, 2.05) is 17.5 Å². The van der Waals surface area contributed by atoms with E-state index in [2.05, 4.69) is 10.3 Å². The zero-order chi connectivity index (χ0) is 18.9. The number of aromatic nitrogens is 1. The fourth-order valence-electron chi connectivity index (χ4n) is 2.21. The summed E-state index contributed by atoms with van der Waals surface area (Å²) in [6, 6.07) is 8.81. The summed E-state index contributed by atoms with van der Waals surface area (Å²) in [4.78, 5) is 17.5. The van der Waals surface area contributed by atoms with E-state index >= 15 is 0 Å². The normalized spacial score (nSPS) is 11.7. The highest BCUT2D eigenvalue weighted by atomic mass is 32.2. The molecule has 0 aliphatic carbocycles. The molecule has 10 heteroatoms. The maximum Gasteiger partial charge on any atom is 0.341 e. The highest BCUT2D eigenvalue weighted by molar-refractivity contribution is 7.91. The molecule has 0 aliphatic rings. The Morgan fingerprint density at radius 2 is 1.92 bits per heavy atom. The predicted molar refractivity (Wildman–Crippen MR) is 97.7 cm³/mol. The third kappa shape index (κ3) is 3.53. The molecule has 136 valence electrons. The van der Waals surface area contributed by atoms with E-state index < -0.39 is 26.4 Å². The average molecular weight is 414 g/mol. The van der Waals surface area contributed by atoms with Crippen LogP contribution in [0.5, 0.6) is 0 Å². The van der Waals surface area contributed by atoms with Gasteiger partial charge in [-0.1, -0.05) is 18.2 Å². The van der Waals surface area contributed by atoms with Gasteiger partial charge in [-0.05, 0) is 30.5 Å². The van der Waals surface area contributed by atoms with Crippen molar-refractivity contribution < 1.29 is 22.0 Å². The van der Waals surface area contributed by atoms with Crippen molar-refractivity contribution in [3.63, 3.8) is 0 Å². The topological polar surface area (TPSA) is 76.1 Å². The summed E-state index contributed by atoms with van der Waals surface area (Å²) >= 11 is 2.63. The lowest BCUT2D eigenvalue weighted by molar-refractivity contribution is 0.102. The van der Waals surface area contributed by atoms with Crippen LogP contribution in [-0.4, -0.2) is 25.1 Å². The van der Waals surface area contributed by atoms with Crippen molar-refractivity contribution in [1.82, 2.24) is 4.98 Å². The number of thiophene rings is 1. The molecular weight excluding hydrogens is 402 g/mol. The zero-order valence-corrected chi connectivity index (χ0v) is 15.7. The molecule has 0 fully saturated rings. The summed E-state index contributed by atoms with van der Waals surface area (Å²) in [6.45, 7) is 1.66. The Morgan fingerprint density at radius 1 is 1.19 bits per heavy atom. The fourth-order valence-corrected chi connectivity index (χ4v) is 4.85. The van der Waals surface area contributed by atoms with Crippen molar-refractivity contribution in [2.24, 2.45) is 0 Å². The predicted octanol–water partition coefficient (Wildman–Crippen LogP) is 4.43. The van der Waals surface area contributed by atoms with Gasteiger partial charge in [0.05, 0.1) is 21.2 Å². The lowest BCUT2D eigenvalue weighted by atomic mass is 10.3. The van der Waals surface area contributed by atoms with E-state index in [4.69, 9.17) is 0 Å². The van der Waals surface area contributed by atoms with Crippen molar-refractivity contribution in [2.45, 2.75) is 17.6 Å². The summed E-state index contributed by atoms with van der Waals surface area (Å²) in [5, 5.41) is 4.96. The van der Waals surface area contributed by atoms with Crippen molar-refractivity contribution in [1.29, 1.82) is 0 Å². The largest absolute Gasteiger partial charge is 0.341 e. The molecule has 1 amide bonds. The van der Waals surface area contributed by atoms with Crippen LogP contribution >= 0.6 is 22.7 Å². The number of nitrogens with zero attached hydrogens (tertiary/aromatic N) is 1. The number of para-hydroxylation sites is 1. The fraction of sp³-hybridized carbons (Fsp3) is 0.125. The molecule has 2 aromatic heterocycles. The van der Waals surface area contributed by atoms with Gasteiger partial charge in [-0.3, -0.25) is 4.79 Å². The number of anilines is 1. The summed E-state index contributed by atoms with van der Waals surface area (Å²) in [6.07, 6.45) is 0. The van der Waals surface area contributed by atoms with E-state index in [0.717, 1.165) is 22.3 Å². The van der Waals surface area contributed by atoms with Crippen LogP contribution in [0.15, 0.2) is 46.7 Å². The maximum absolute atomic E-state index is 12.9. The van der Waals surface area contributed by atoms with E-state index in [1.54, 1.807) is 6.92 Å². The van der Waals surface area contributed by atoms with Crippen molar-refractivity contribution >= 4 is 44.1 Å². The number of aryl methyl sites for hydroxylation is 1. The first-order chi connectivity index (χ1) is 12.3. The minimum absolute atomic E-state index is 0.191. The second kappa shape index (κ2) is 7.22. The van der Waals surface area contributed by atoms with Gasteiger partial charge in [0.2, 0.25) is 9.84 Å². The Labute approximate surface area is 156 Å². The molecule has 0 saturated carbocycles. The number of carbonyl (C=O) groups is 1. The van der Waals surface area contributed by atoms with E-state index in [1.165, 1.54) is 29.5 Å². The van der Waals surface area contributed by atoms with Crippen molar-refractivity contribution in [3.05, 3.63) is 52.3 Å². The van der Waals surface area contributed by atoms with Crippen LogP contribution in [0.2, 0.25) is 0 Å². The Kier molecular flexibility index (Phi) is 5.17. The van der Waals surface area contributed by atoms with Crippen LogP contribution in [0.4, 0.5) is 14.5 Å². The summed E-state index contributed by atoms with van der Waals surface area (Å²) in [5.74, 6) is -4.17. The number of halogens is 2. The molecule has 1 aromatic carbocycles. The Morgan fingerprint density at radius 3 is 2.58 bits per heavy atom. The van der Waals surface area contributed by atoms with Crippen LogP contribution in [0.3, 0.4) is 0 Å². The Balaban J connectivity index is 1.93. The lowest BCUT2D eigenvalue weighted by Crippen LogP contribution is -2.17. The van der Waals surface area contributed by atoms with E-state index in [-0.39, 0.29) is 10.6 Å². The Bertz CT molecular complexity index is 1040. The third-order valence-electron chi connectivity index (χ3n) is 3.41. The number of carbonyl (C=O) groups excluding carboxylic acids is 1. The SMILES string of the molecule is Cc1nc(-c2cccs2)sc1C(=O)Nc1ccccc1S(=O)(=O)C(F)F. The van der Waals surface area contributed by atoms with Crippen molar-refractivity contribution in [3.8, 4) is 9.88 Å². The number of benzene rings is 1. The van der Waals surface area contributed by atoms with Gasteiger partial charge in [-0.2, -0.15) is 8.78 Å². The number of nitrogens with one attached hydrogen (secondary N) is 1. The van der Waals surface area contributed by atoms with Crippen LogP contribution in [-0.2, 0) is 9.84 Å². The summed E-state index contributed by atoms with van der Waals surface area (Å²) < 4.78 is 49.3. The van der Waals surface area contributed by atoms with Crippen molar-refractivity contribution in [2.75, 3.05) is 5.32 Å². The second-order valence-electron chi connectivity index (χ2n) is 5.17. The van der Waals surface area contributed by atoms with Crippen LogP contribution in [0, 0.1) is 6.92 Å². The molecule has 3 aromatic rings. The number of alkyl halides is 2. The van der Waals surface area contributed by atoms with Gasteiger partial charge >= 0.3 is 5.76 Å². The lowest BCUT2D eigenvalue weighted by Gasteiger charge is -2.10. The molecule has 0 radical (unpaired) electrons. The summed E-state index contributed by atoms with van der Waals surface area (Å²) in [7, 11) is -4.83. The van der Waals surface area contributed by atoms with Crippen LogP contribution < -0.4 is 5.32 Å². The van der Waals surface area contributed by atoms with E-state index in [0.29, 0.717) is 10.7 Å². The monoisotopic (exact) mass is 414 g/mol. The van der Waals surface area contributed by atoms with Crippen LogP contribution in [0.1, 0.15) is 15.4 Å². The minimum Gasteiger partial charge on any atom is -0.320 e. The quantitative estimate of drug-likeness (QED) is 0.670. The first kappa shape index (κ1) is 18.6. The number of rotatable bonds is 5. The number of sulfone groups is 1. The first-order valence-corrected chi connectivity index (χ1v) is 10.5. The molecule has 0 atom stereocenters. The highest BCUT2D eigenvalue weighted by Gasteiger charge is 2.30. The molecule has 26 heavy (non-hydrogen) atoms. The number of thiazole rings is 1. The molecule has 3 rings (SSSR count). The van der Waals surface area contributed by atoms with Gasteiger partial charge in [-0.25, -0.2) is 13.4 Å². The van der Waals surface area contributed by atoms with Gasteiger partial charge < -0.3 is 5.32 Å². The standard InChI is InChI=1S/C16H12F2N2O3S3/c1-9-13(25-15(19-9)11-6-4-8-24-11)14(21)20-10-5-2-3-7-12(10)26(22,23)16(17)18/h2-8,16H,1H3,(H,20,21). The van der Waals surface area contributed by atoms with Gasteiger partial charge in [0, 0.05) is 0 Å². The summed E-state index contributed by atoms with van der Waals surface area (Å²) in [5.41, 5.74) is 0.286. The molecule has 0 aliphatic heterocycles. The maximum atomic E-state index is 12.9. The molecule has 0 saturated heterocycles. The van der Waals surface area contributed by atoms with Crippen LogP contribution in [0.25, 0.3) is 9.88 Å². The molecule has 0 unspecified atom stereocenters. The third-order valence-corrected chi connectivity index (χ3v) is 7.04. The zero-order valence-electron chi connectivity index (χ0n) is 13.3. The number of hydrogen-bond acceptors (Lipinski definition) is 6. The molecule has 0 bridgehead atoms. The van der Waals surface area contributed by atoms with Gasteiger partial charge in [0.1, 0.15) is 9.88 Å². The molecular formula is C16H12F2N2O3S3. The molecule has 1 N–H and O–H groups in total. The van der Waals surface area contributed by atoms with Gasteiger partial charge in [0.15, 0.2) is 0 Å². The smallest absolute Gasteiger partial charge is 0.320 e. The minimum atomic E-state index is -4.83. The first-order valence-electron chi connectivity index (χ1n) is 7.24. The molecule has 0 spiro atoms. The number of amides is 1. The Hall–Kier alpha value is -2.17. The van der Waals surface area contributed by atoms with E-state index in [9.17, 15) is 22.0 Å². The highest BCUT2D eigenvalue weighted by Crippen LogP contribution is 2.32.